The molecule has 0 aliphatic carbocycles. The molecule has 1 aromatic carbocycles. The molecule has 16 heavy (non-hydrogen) atoms. The van der Waals surface area contributed by atoms with Gasteiger partial charge in [0.15, 0.2) is 5.78 Å². The van der Waals surface area contributed by atoms with Gasteiger partial charge in [-0.15, -0.1) is 0 Å². The van der Waals surface area contributed by atoms with Crippen molar-refractivity contribution in [2.24, 2.45) is 5.92 Å². The molecule has 2 rings (SSSR count). The van der Waals surface area contributed by atoms with Gasteiger partial charge in [0.25, 0.3) is 0 Å². The third-order valence-corrected chi connectivity index (χ3v) is 3.35. The smallest absolute Gasteiger partial charge is 0.168 e. The molecule has 86 valence electrons. The molecular formula is C14H19NO. The van der Waals surface area contributed by atoms with E-state index in [0.717, 1.165) is 24.2 Å². The van der Waals surface area contributed by atoms with E-state index in [9.17, 15) is 4.79 Å². The first-order chi connectivity index (χ1) is 7.59. The van der Waals surface area contributed by atoms with Gasteiger partial charge in [0.1, 0.15) is 0 Å². The Kier molecular flexibility index (Phi) is 3.10. The van der Waals surface area contributed by atoms with Crippen LogP contribution in [0.1, 0.15) is 41.3 Å². The second-order valence-electron chi connectivity index (χ2n) is 4.95. The minimum atomic E-state index is 0.195. The van der Waals surface area contributed by atoms with Crippen molar-refractivity contribution >= 4 is 5.78 Å². The maximum atomic E-state index is 12.2. The van der Waals surface area contributed by atoms with E-state index >= 15 is 0 Å². The van der Waals surface area contributed by atoms with E-state index in [-0.39, 0.29) is 5.92 Å². The van der Waals surface area contributed by atoms with E-state index in [0.29, 0.717) is 11.7 Å². The summed E-state index contributed by atoms with van der Waals surface area (Å²) in [5.41, 5.74) is 3.26. The largest absolute Gasteiger partial charge is 0.315 e. The van der Waals surface area contributed by atoms with Gasteiger partial charge in [-0.2, -0.15) is 0 Å². The van der Waals surface area contributed by atoms with E-state index in [1.54, 1.807) is 0 Å². The Morgan fingerprint density at radius 1 is 1.38 bits per heavy atom. The number of aryl methyl sites for hydroxylation is 1. The molecule has 1 aliphatic rings. The zero-order chi connectivity index (χ0) is 11.7. The second-order valence-corrected chi connectivity index (χ2v) is 4.95. The molecular weight excluding hydrogens is 198 g/mol. The van der Waals surface area contributed by atoms with Crippen molar-refractivity contribution in [1.29, 1.82) is 0 Å². The highest BCUT2D eigenvalue weighted by molar-refractivity contribution is 6.00. The Balaban J connectivity index is 2.30. The predicted molar refractivity (Wildman–Crippen MR) is 66.0 cm³/mol. The quantitative estimate of drug-likeness (QED) is 0.788. The van der Waals surface area contributed by atoms with Crippen LogP contribution < -0.4 is 5.32 Å². The first-order valence-corrected chi connectivity index (χ1v) is 5.95. The van der Waals surface area contributed by atoms with Gasteiger partial charge in [-0.05, 0) is 30.0 Å². The highest BCUT2D eigenvalue weighted by atomic mass is 16.1. The summed E-state index contributed by atoms with van der Waals surface area (Å²) >= 11 is 0. The first kappa shape index (κ1) is 11.3. The molecule has 1 heterocycles. The molecule has 0 radical (unpaired) electrons. The van der Waals surface area contributed by atoms with E-state index in [1.165, 1.54) is 5.56 Å². The third-order valence-electron chi connectivity index (χ3n) is 3.35. The monoisotopic (exact) mass is 217 g/mol. The Labute approximate surface area is 97.1 Å². The molecule has 1 N–H and O–H groups in total. The van der Waals surface area contributed by atoms with Crippen molar-refractivity contribution in [3.8, 4) is 0 Å². The maximum absolute atomic E-state index is 12.2. The highest BCUT2D eigenvalue weighted by Gasteiger charge is 2.26. The Bertz CT molecular complexity index is 405. The number of rotatable bonds is 3. The van der Waals surface area contributed by atoms with E-state index in [4.69, 9.17) is 0 Å². The van der Waals surface area contributed by atoms with Crippen molar-refractivity contribution in [3.63, 3.8) is 0 Å². The summed E-state index contributed by atoms with van der Waals surface area (Å²) in [7, 11) is 0. The molecule has 1 saturated heterocycles. The fraction of sp³-hybridized carbons (Fsp3) is 0.500. The first-order valence-electron chi connectivity index (χ1n) is 5.95. The van der Waals surface area contributed by atoms with Gasteiger partial charge >= 0.3 is 0 Å². The van der Waals surface area contributed by atoms with Gasteiger partial charge in [0, 0.05) is 24.6 Å². The molecule has 2 heteroatoms. The van der Waals surface area contributed by atoms with Gasteiger partial charge in [-0.3, -0.25) is 4.79 Å². The van der Waals surface area contributed by atoms with Crippen molar-refractivity contribution in [2.75, 3.05) is 13.1 Å². The van der Waals surface area contributed by atoms with E-state index in [1.807, 2.05) is 6.92 Å². The van der Waals surface area contributed by atoms with E-state index < -0.39 is 0 Å². The van der Waals surface area contributed by atoms with Crippen LogP contribution in [-0.4, -0.2) is 18.9 Å². The minimum absolute atomic E-state index is 0.195. The van der Waals surface area contributed by atoms with Crippen LogP contribution in [0.2, 0.25) is 0 Å². The average molecular weight is 217 g/mol. The number of carbonyl (C=O) groups is 1. The van der Waals surface area contributed by atoms with Crippen LogP contribution in [-0.2, 0) is 0 Å². The van der Waals surface area contributed by atoms with Crippen LogP contribution in [0.15, 0.2) is 18.2 Å². The fourth-order valence-corrected chi connectivity index (χ4v) is 1.96. The van der Waals surface area contributed by atoms with Crippen LogP contribution in [0.25, 0.3) is 0 Å². The summed E-state index contributed by atoms with van der Waals surface area (Å²) in [6.45, 7) is 8.01. The molecule has 1 aromatic rings. The standard InChI is InChI=1S/C14H19NO/c1-9(2)11-5-4-10(3)13(6-11)14(16)12-7-15-8-12/h4-6,9,12,15H,7-8H2,1-3H3. The van der Waals surface area contributed by atoms with Crippen molar-refractivity contribution < 1.29 is 4.79 Å². The third kappa shape index (κ3) is 2.03. The molecule has 0 aromatic heterocycles. The molecule has 0 bridgehead atoms. The SMILES string of the molecule is Cc1ccc(C(C)C)cc1C(=O)C1CNC1. The summed E-state index contributed by atoms with van der Waals surface area (Å²) in [6.07, 6.45) is 0. The zero-order valence-electron chi connectivity index (χ0n) is 10.2. The van der Waals surface area contributed by atoms with Gasteiger partial charge < -0.3 is 5.32 Å². The van der Waals surface area contributed by atoms with Crippen molar-refractivity contribution in [1.82, 2.24) is 5.32 Å². The fourth-order valence-electron chi connectivity index (χ4n) is 1.96. The second kappa shape index (κ2) is 4.38. The molecule has 0 atom stereocenters. The molecule has 1 fully saturated rings. The highest BCUT2D eigenvalue weighted by Crippen LogP contribution is 2.22. The topological polar surface area (TPSA) is 29.1 Å². The summed E-state index contributed by atoms with van der Waals surface area (Å²) in [6, 6.07) is 6.26. The van der Waals surface area contributed by atoms with Crippen LogP contribution >= 0.6 is 0 Å². The van der Waals surface area contributed by atoms with E-state index in [2.05, 4.69) is 37.4 Å². The predicted octanol–water partition coefficient (Wildman–Crippen LogP) is 2.52. The summed E-state index contributed by atoms with van der Waals surface area (Å²) < 4.78 is 0. The van der Waals surface area contributed by atoms with Crippen LogP contribution in [0.4, 0.5) is 0 Å². The number of nitrogens with one attached hydrogen (secondary N) is 1. The number of carbonyl (C=O) groups excluding carboxylic acids is 1. The van der Waals surface area contributed by atoms with Gasteiger partial charge in [-0.1, -0.05) is 26.0 Å². The van der Waals surface area contributed by atoms with Crippen LogP contribution in [0.3, 0.4) is 0 Å². The summed E-state index contributed by atoms with van der Waals surface area (Å²) in [5.74, 6) is 0.978. The Morgan fingerprint density at radius 2 is 2.06 bits per heavy atom. The van der Waals surface area contributed by atoms with Gasteiger partial charge in [0.2, 0.25) is 0 Å². The average Bonchev–Trinajstić information content (AvgIpc) is 2.15. The molecule has 1 aliphatic heterocycles. The lowest BCUT2D eigenvalue weighted by Gasteiger charge is -2.26. The number of ketones is 1. The normalized spacial score (nSPS) is 16.2. The van der Waals surface area contributed by atoms with Crippen molar-refractivity contribution in [2.45, 2.75) is 26.7 Å². The lowest BCUT2D eigenvalue weighted by atomic mass is 9.88. The molecule has 0 spiro atoms. The number of Topliss-reactive ketones (excluding diaryl/α,β-unsaturated/α-hetero) is 1. The lowest BCUT2D eigenvalue weighted by molar-refractivity contribution is 0.0877. The summed E-state index contributed by atoms with van der Waals surface area (Å²) in [4.78, 5) is 12.2. The molecule has 0 saturated carbocycles. The number of hydrogen-bond donors (Lipinski definition) is 1. The number of hydrogen-bond acceptors (Lipinski definition) is 2. The Morgan fingerprint density at radius 3 is 2.56 bits per heavy atom. The lowest BCUT2D eigenvalue weighted by Crippen LogP contribution is -2.46. The zero-order valence-corrected chi connectivity index (χ0v) is 10.2. The Hall–Kier alpha value is -1.15. The summed E-state index contributed by atoms with van der Waals surface area (Å²) in [5, 5.41) is 3.15. The van der Waals surface area contributed by atoms with Crippen molar-refractivity contribution in [3.05, 3.63) is 34.9 Å². The molecule has 0 amide bonds. The van der Waals surface area contributed by atoms with Gasteiger partial charge in [-0.25, -0.2) is 0 Å². The number of benzene rings is 1. The van der Waals surface area contributed by atoms with Crippen LogP contribution in [0, 0.1) is 12.8 Å². The minimum Gasteiger partial charge on any atom is -0.315 e. The van der Waals surface area contributed by atoms with Gasteiger partial charge in [0.05, 0.1) is 0 Å². The maximum Gasteiger partial charge on any atom is 0.168 e. The molecule has 2 nitrogen and oxygen atoms in total. The molecule has 0 unspecified atom stereocenters. The van der Waals surface area contributed by atoms with Crippen LogP contribution in [0.5, 0.6) is 0 Å².